The molecule has 0 N–H and O–H groups in total. The van der Waals surface area contributed by atoms with E-state index in [9.17, 15) is 18.0 Å². The van der Waals surface area contributed by atoms with Crippen molar-refractivity contribution in [3.8, 4) is 0 Å². The minimum absolute atomic E-state index is 0.222. The van der Waals surface area contributed by atoms with E-state index in [1.807, 2.05) is 0 Å². The highest BCUT2D eigenvalue weighted by atomic mass is 35.5. The first-order valence-corrected chi connectivity index (χ1v) is 9.20. The Bertz CT molecular complexity index is 1130. The molecule has 0 atom stereocenters. The molecule has 2 rings (SSSR count). The topological polar surface area (TPSA) is 56.5 Å². The van der Waals surface area contributed by atoms with Crippen molar-refractivity contribution in [1.82, 2.24) is 9.55 Å². The molecule has 162 valence electrons. The van der Waals surface area contributed by atoms with E-state index >= 15 is 0 Å². The van der Waals surface area contributed by atoms with E-state index in [1.54, 1.807) is 37.5 Å². The summed E-state index contributed by atoms with van der Waals surface area (Å²) in [5.74, 6) is -0.580. The van der Waals surface area contributed by atoms with Crippen molar-refractivity contribution >= 4 is 23.0 Å². The number of pyridine rings is 2. The lowest BCUT2D eigenvalue weighted by Crippen LogP contribution is -2.19. The van der Waals surface area contributed by atoms with Crippen LogP contribution in [0.4, 0.5) is 13.2 Å². The van der Waals surface area contributed by atoms with Gasteiger partial charge in [0.15, 0.2) is 0 Å². The van der Waals surface area contributed by atoms with Gasteiger partial charge >= 0.3 is 6.36 Å². The molecule has 0 radical (unpaired) electrons. The van der Waals surface area contributed by atoms with Gasteiger partial charge < -0.3 is 9.30 Å². The van der Waals surface area contributed by atoms with Gasteiger partial charge in [-0.2, -0.15) is 0 Å². The van der Waals surface area contributed by atoms with Crippen LogP contribution in [0.15, 0.2) is 89.7 Å². The molecule has 31 heavy (non-hydrogen) atoms. The summed E-state index contributed by atoms with van der Waals surface area (Å²) < 4.78 is 41.6. The monoisotopic (exact) mass is 449 g/mol. The van der Waals surface area contributed by atoms with E-state index in [0.29, 0.717) is 27.7 Å². The fraction of sp³-hybridized carbons (Fsp3) is 0.136. The van der Waals surface area contributed by atoms with Crippen LogP contribution in [0.2, 0.25) is 5.15 Å². The van der Waals surface area contributed by atoms with Gasteiger partial charge in [-0.15, -0.1) is 13.2 Å². The Morgan fingerprint density at radius 1 is 1.26 bits per heavy atom. The van der Waals surface area contributed by atoms with Crippen molar-refractivity contribution < 1.29 is 17.9 Å². The van der Waals surface area contributed by atoms with Gasteiger partial charge in [0.2, 0.25) is 0 Å². The van der Waals surface area contributed by atoms with Crippen LogP contribution in [0.5, 0.6) is 0 Å². The van der Waals surface area contributed by atoms with E-state index in [-0.39, 0.29) is 12.1 Å². The molecular formula is C22H19ClF3N3O2. The highest BCUT2D eigenvalue weighted by molar-refractivity contribution is 6.29. The molecule has 0 aliphatic heterocycles. The van der Waals surface area contributed by atoms with Crippen molar-refractivity contribution in [2.75, 3.05) is 0 Å². The third kappa shape index (κ3) is 7.75. The Kier molecular flexibility index (Phi) is 7.77. The van der Waals surface area contributed by atoms with Crippen LogP contribution in [-0.4, -0.2) is 21.6 Å². The first kappa shape index (κ1) is 23.9. The minimum Gasteiger partial charge on any atom is -0.406 e. The van der Waals surface area contributed by atoms with Gasteiger partial charge in [0.25, 0.3) is 5.56 Å². The van der Waals surface area contributed by atoms with Crippen molar-refractivity contribution in [3.05, 3.63) is 107 Å². The molecule has 2 aromatic rings. The van der Waals surface area contributed by atoms with Crippen LogP contribution >= 0.6 is 11.6 Å². The van der Waals surface area contributed by atoms with Crippen LogP contribution < -0.4 is 5.56 Å². The number of ether oxygens (including phenoxy) is 1. The van der Waals surface area contributed by atoms with Gasteiger partial charge in [-0.1, -0.05) is 37.4 Å². The Balaban J connectivity index is 2.15. The molecule has 0 aromatic carbocycles. The number of allylic oxidation sites excluding steroid dienone is 3. The van der Waals surface area contributed by atoms with Crippen molar-refractivity contribution in [1.29, 1.82) is 0 Å². The normalized spacial score (nSPS) is 12.1. The maximum atomic E-state index is 12.2. The summed E-state index contributed by atoms with van der Waals surface area (Å²) in [5, 5.41) is 0.321. The number of hydrogen-bond acceptors (Lipinski definition) is 4. The van der Waals surface area contributed by atoms with E-state index < -0.39 is 12.1 Å². The molecule has 0 saturated heterocycles. The SMILES string of the molecule is C=C(/C=C\C(=C)C(C)=NC(=C)c1ccc(=O)n(Cc2ccnc(Cl)c2)c1)OC(F)(F)F. The van der Waals surface area contributed by atoms with Crippen molar-refractivity contribution in [3.63, 3.8) is 0 Å². The molecule has 0 saturated carbocycles. The Hall–Kier alpha value is -3.39. The summed E-state index contributed by atoms with van der Waals surface area (Å²) in [7, 11) is 0. The summed E-state index contributed by atoms with van der Waals surface area (Å²) in [5.41, 5.74) is 2.26. The van der Waals surface area contributed by atoms with Crippen molar-refractivity contribution in [2.24, 2.45) is 4.99 Å². The molecule has 2 aromatic heterocycles. The van der Waals surface area contributed by atoms with Crippen LogP contribution in [-0.2, 0) is 11.3 Å². The van der Waals surface area contributed by atoms with E-state index in [0.717, 1.165) is 11.6 Å². The van der Waals surface area contributed by atoms with E-state index in [2.05, 4.69) is 34.5 Å². The number of alkyl halides is 3. The first-order valence-electron chi connectivity index (χ1n) is 8.82. The number of rotatable bonds is 8. The number of hydrogen-bond donors (Lipinski definition) is 0. The fourth-order valence-corrected chi connectivity index (χ4v) is 2.60. The molecular weight excluding hydrogens is 431 g/mol. The molecule has 0 fully saturated rings. The molecule has 5 nitrogen and oxygen atoms in total. The average Bonchev–Trinajstić information content (AvgIpc) is 2.66. The zero-order valence-electron chi connectivity index (χ0n) is 16.6. The zero-order valence-corrected chi connectivity index (χ0v) is 17.4. The summed E-state index contributed by atoms with van der Waals surface area (Å²) >= 11 is 5.88. The lowest BCUT2D eigenvalue weighted by atomic mass is 10.1. The molecule has 0 bridgehead atoms. The predicted molar refractivity (Wildman–Crippen MR) is 116 cm³/mol. The number of halogens is 4. The summed E-state index contributed by atoms with van der Waals surface area (Å²) in [6.45, 7) is 12.7. The second-order valence-corrected chi connectivity index (χ2v) is 6.77. The lowest BCUT2D eigenvalue weighted by Gasteiger charge is -2.10. The van der Waals surface area contributed by atoms with Gasteiger partial charge in [-0.25, -0.2) is 4.98 Å². The van der Waals surface area contributed by atoms with Gasteiger partial charge in [0.05, 0.1) is 12.2 Å². The van der Waals surface area contributed by atoms with Gasteiger partial charge in [-0.3, -0.25) is 9.79 Å². The van der Waals surface area contributed by atoms with Crippen LogP contribution in [0.3, 0.4) is 0 Å². The molecule has 0 aliphatic carbocycles. The number of aromatic nitrogens is 2. The maximum absolute atomic E-state index is 12.2. The summed E-state index contributed by atoms with van der Waals surface area (Å²) in [6.07, 6.45) is 0.677. The second kappa shape index (κ2) is 10.1. The highest BCUT2D eigenvalue weighted by Gasteiger charge is 2.30. The van der Waals surface area contributed by atoms with Gasteiger partial charge in [0, 0.05) is 29.7 Å². The largest absolute Gasteiger partial charge is 0.573 e. The highest BCUT2D eigenvalue weighted by Crippen LogP contribution is 2.21. The van der Waals surface area contributed by atoms with Crippen LogP contribution in [0.1, 0.15) is 18.1 Å². The Morgan fingerprint density at radius 3 is 2.61 bits per heavy atom. The Morgan fingerprint density at radius 2 is 1.97 bits per heavy atom. The first-order chi connectivity index (χ1) is 14.4. The Labute approximate surface area is 182 Å². The minimum atomic E-state index is -4.81. The number of nitrogens with zero attached hydrogens (tertiary/aromatic N) is 3. The average molecular weight is 450 g/mol. The maximum Gasteiger partial charge on any atom is 0.573 e. The molecule has 9 heteroatoms. The van der Waals surface area contributed by atoms with Gasteiger partial charge in [-0.05, 0) is 42.3 Å². The zero-order chi connectivity index (χ0) is 23.2. The summed E-state index contributed by atoms with van der Waals surface area (Å²) in [6, 6.07) is 6.37. The van der Waals surface area contributed by atoms with Gasteiger partial charge in [0.1, 0.15) is 10.9 Å². The standard InChI is InChI=1S/C22H19ClF3N3O2/c1-14(5-6-15(2)31-22(24,25)26)16(3)28-17(4)19-7-8-21(30)29(13-19)12-18-9-10-27-20(23)11-18/h5-11,13H,1-2,4,12H2,3H3/b6-5-,28-16?. The quantitative estimate of drug-likeness (QED) is 0.230. The van der Waals surface area contributed by atoms with Crippen LogP contribution in [0, 0.1) is 0 Å². The smallest absolute Gasteiger partial charge is 0.406 e. The number of aliphatic imine (C=N–C) groups is 1. The third-order valence-corrected chi connectivity index (χ3v) is 4.15. The molecule has 0 amide bonds. The molecule has 0 aliphatic rings. The van der Waals surface area contributed by atoms with E-state index in [1.165, 1.54) is 16.7 Å². The fourth-order valence-electron chi connectivity index (χ4n) is 2.40. The second-order valence-electron chi connectivity index (χ2n) is 6.39. The van der Waals surface area contributed by atoms with E-state index in [4.69, 9.17) is 11.6 Å². The van der Waals surface area contributed by atoms with Crippen LogP contribution in [0.25, 0.3) is 5.70 Å². The molecule has 0 unspecified atom stereocenters. The van der Waals surface area contributed by atoms with Crippen molar-refractivity contribution in [2.45, 2.75) is 19.8 Å². The molecule has 0 spiro atoms. The predicted octanol–water partition coefficient (Wildman–Crippen LogP) is 5.54. The lowest BCUT2D eigenvalue weighted by molar-refractivity contribution is -0.303. The summed E-state index contributed by atoms with van der Waals surface area (Å²) in [4.78, 5) is 20.4. The molecule has 2 heterocycles. The third-order valence-electron chi connectivity index (χ3n) is 3.95.